The number of rotatable bonds is 1. The van der Waals surface area contributed by atoms with Crippen molar-refractivity contribution in [3.05, 3.63) is 34.1 Å². The van der Waals surface area contributed by atoms with Crippen LogP contribution in [0.25, 0.3) is 0 Å². The van der Waals surface area contributed by atoms with Crippen molar-refractivity contribution >= 4 is 21.8 Å². The van der Waals surface area contributed by atoms with Gasteiger partial charge in [-0.1, -0.05) is 0 Å². The number of nitrogens with zero attached hydrogens (tertiary/aromatic N) is 1. The SMILES string of the molecule is NC1CCN(C(=O)c2ccc(F)c(Br)c2)CC1. The summed E-state index contributed by atoms with van der Waals surface area (Å²) in [4.78, 5) is 13.9. The molecule has 0 unspecified atom stereocenters. The van der Waals surface area contributed by atoms with Crippen LogP contribution in [0, 0.1) is 5.82 Å². The summed E-state index contributed by atoms with van der Waals surface area (Å²) in [6.45, 7) is 1.35. The molecular weight excluding hydrogens is 287 g/mol. The molecule has 1 amide bonds. The van der Waals surface area contributed by atoms with Gasteiger partial charge in [0.25, 0.3) is 5.91 Å². The molecule has 92 valence electrons. The second-order valence-electron chi connectivity index (χ2n) is 4.26. The van der Waals surface area contributed by atoms with Crippen molar-refractivity contribution in [2.24, 2.45) is 5.73 Å². The van der Waals surface area contributed by atoms with E-state index in [-0.39, 0.29) is 17.8 Å². The maximum absolute atomic E-state index is 13.1. The molecule has 1 aliphatic rings. The third-order valence-corrected chi connectivity index (χ3v) is 3.60. The summed E-state index contributed by atoms with van der Waals surface area (Å²) in [6.07, 6.45) is 1.65. The molecule has 0 aliphatic carbocycles. The fourth-order valence-corrected chi connectivity index (χ4v) is 2.29. The standard InChI is InChI=1S/C12H14BrFN2O/c13-10-7-8(1-2-11(10)14)12(17)16-5-3-9(15)4-6-16/h1-2,7,9H,3-6,15H2. The van der Waals surface area contributed by atoms with Crippen LogP contribution in [0.5, 0.6) is 0 Å². The van der Waals surface area contributed by atoms with Crippen LogP contribution >= 0.6 is 15.9 Å². The number of hydrogen-bond acceptors (Lipinski definition) is 2. The number of piperidine rings is 1. The smallest absolute Gasteiger partial charge is 0.253 e. The highest BCUT2D eigenvalue weighted by atomic mass is 79.9. The molecule has 0 bridgehead atoms. The lowest BCUT2D eigenvalue weighted by molar-refractivity contribution is 0.0714. The molecule has 0 radical (unpaired) electrons. The largest absolute Gasteiger partial charge is 0.339 e. The first kappa shape index (κ1) is 12.5. The maximum atomic E-state index is 13.1. The van der Waals surface area contributed by atoms with Crippen LogP contribution < -0.4 is 5.73 Å². The quantitative estimate of drug-likeness (QED) is 0.864. The number of benzene rings is 1. The van der Waals surface area contributed by atoms with E-state index in [1.54, 1.807) is 4.90 Å². The van der Waals surface area contributed by atoms with Crippen molar-refractivity contribution in [3.63, 3.8) is 0 Å². The lowest BCUT2D eigenvalue weighted by atomic mass is 10.0. The van der Waals surface area contributed by atoms with Gasteiger partial charge in [0.1, 0.15) is 5.82 Å². The minimum atomic E-state index is -0.359. The first-order chi connectivity index (χ1) is 8.08. The fraction of sp³-hybridized carbons (Fsp3) is 0.417. The Balaban J connectivity index is 2.11. The summed E-state index contributed by atoms with van der Waals surface area (Å²) in [5.74, 6) is -0.417. The van der Waals surface area contributed by atoms with Crippen LogP contribution in [0.1, 0.15) is 23.2 Å². The average Bonchev–Trinajstić information content (AvgIpc) is 2.33. The van der Waals surface area contributed by atoms with Crippen LogP contribution in [-0.2, 0) is 0 Å². The van der Waals surface area contributed by atoms with Crippen molar-refractivity contribution < 1.29 is 9.18 Å². The van der Waals surface area contributed by atoms with Crippen molar-refractivity contribution in [2.75, 3.05) is 13.1 Å². The van der Waals surface area contributed by atoms with Crippen LogP contribution in [0.3, 0.4) is 0 Å². The van der Waals surface area contributed by atoms with E-state index in [0.29, 0.717) is 23.1 Å². The highest BCUT2D eigenvalue weighted by Crippen LogP contribution is 2.19. The second-order valence-corrected chi connectivity index (χ2v) is 5.11. The number of likely N-dealkylation sites (tertiary alicyclic amines) is 1. The van der Waals surface area contributed by atoms with Gasteiger partial charge in [0, 0.05) is 24.7 Å². The monoisotopic (exact) mass is 300 g/mol. The summed E-state index contributed by atoms with van der Waals surface area (Å²) >= 11 is 3.08. The van der Waals surface area contributed by atoms with Gasteiger partial charge in [0.15, 0.2) is 0 Å². The summed E-state index contributed by atoms with van der Waals surface area (Å²) in [5, 5.41) is 0. The van der Waals surface area contributed by atoms with E-state index in [1.165, 1.54) is 18.2 Å². The number of carbonyl (C=O) groups is 1. The van der Waals surface area contributed by atoms with Gasteiger partial charge in [0.05, 0.1) is 4.47 Å². The summed E-state index contributed by atoms with van der Waals surface area (Å²) in [7, 11) is 0. The molecule has 17 heavy (non-hydrogen) atoms. The van der Waals surface area contributed by atoms with Gasteiger partial charge >= 0.3 is 0 Å². The molecule has 0 atom stereocenters. The number of amides is 1. The van der Waals surface area contributed by atoms with E-state index in [0.717, 1.165) is 12.8 Å². The normalized spacial score (nSPS) is 17.2. The van der Waals surface area contributed by atoms with Crippen molar-refractivity contribution in [1.29, 1.82) is 0 Å². The highest BCUT2D eigenvalue weighted by Gasteiger charge is 2.21. The predicted molar refractivity (Wildman–Crippen MR) is 67.2 cm³/mol. The Hall–Kier alpha value is -0.940. The van der Waals surface area contributed by atoms with Gasteiger partial charge in [-0.3, -0.25) is 4.79 Å². The molecule has 5 heteroatoms. The zero-order valence-electron chi connectivity index (χ0n) is 9.33. The number of carbonyl (C=O) groups excluding carboxylic acids is 1. The van der Waals surface area contributed by atoms with Crippen molar-refractivity contribution in [1.82, 2.24) is 4.90 Å². The minimum absolute atomic E-state index is 0.0578. The molecule has 2 rings (SSSR count). The van der Waals surface area contributed by atoms with Crippen molar-refractivity contribution in [2.45, 2.75) is 18.9 Å². The van der Waals surface area contributed by atoms with Gasteiger partial charge in [-0.25, -0.2) is 4.39 Å². The molecule has 1 aliphatic heterocycles. The van der Waals surface area contributed by atoms with Gasteiger partial charge in [0.2, 0.25) is 0 Å². The molecule has 1 aromatic rings. The van der Waals surface area contributed by atoms with E-state index in [9.17, 15) is 9.18 Å². The first-order valence-electron chi connectivity index (χ1n) is 5.58. The van der Waals surface area contributed by atoms with Gasteiger partial charge in [-0.2, -0.15) is 0 Å². The Morgan fingerprint density at radius 2 is 2.06 bits per heavy atom. The van der Waals surface area contributed by atoms with E-state index >= 15 is 0 Å². The molecule has 0 spiro atoms. The lowest BCUT2D eigenvalue weighted by Crippen LogP contribution is -2.42. The van der Waals surface area contributed by atoms with Gasteiger partial charge in [-0.15, -0.1) is 0 Å². The number of hydrogen-bond donors (Lipinski definition) is 1. The van der Waals surface area contributed by atoms with Crippen LogP contribution in [0.15, 0.2) is 22.7 Å². The zero-order valence-corrected chi connectivity index (χ0v) is 10.9. The Labute approximate surface area is 108 Å². The Bertz CT molecular complexity index is 431. The van der Waals surface area contributed by atoms with E-state index in [2.05, 4.69) is 15.9 Å². The fourth-order valence-electron chi connectivity index (χ4n) is 1.91. The number of halogens is 2. The first-order valence-corrected chi connectivity index (χ1v) is 6.37. The van der Waals surface area contributed by atoms with E-state index < -0.39 is 0 Å². The molecule has 1 aromatic carbocycles. The lowest BCUT2D eigenvalue weighted by Gasteiger charge is -2.30. The third-order valence-electron chi connectivity index (χ3n) is 2.99. The molecule has 1 fully saturated rings. The van der Waals surface area contributed by atoms with Crippen LogP contribution in [0.4, 0.5) is 4.39 Å². The van der Waals surface area contributed by atoms with E-state index in [4.69, 9.17) is 5.73 Å². The Morgan fingerprint density at radius 1 is 1.41 bits per heavy atom. The molecule has 1 heterocycles. The Kier molecular flexibility index (Phi) is 3.79. The second kappa shape index (κ2) is 5.14. The molecule has 0 saturated carbocycles. The molecular formula is C12H14BrFN2O. The summed E-state index contributed by atoms with van der Waals surface area (Å²) in [5.41, 5.74) is 6.29. The zero-order chi connectivity index (χ0) is 12.4. The average molecular weight is 301 g/mol. The van der Waals surface area contributed by atoms with Crippen molar-refractivity contribution in [3.8, 4) is 0 Å². The van der Waals surface area contributed by atoms with Crippen LogP contribution in [-0.4, -0.2) is 29.9 Å². The minimum Gasteiger partial charge on any atom is -0.339 e. The molecule has 2 N–H and O–H groups in total. The number of nitrogens with two attached hydrogens (primary N) is 1. The van der Waals surface area contributed by atoms with Crippen LogP contribution in [0.2, 0.25) is 0 Å². The van der Waals surface area contributed by atoms with Gasteiger partial charge in [-0.05, 0) is 47.0 Å². The molecule has 0 aromatic heterocycles. The molecule has 1 saturated heterocycles. The third kappa shape index (κ3) is 2.84. The van der Waals surface area contributed by atoms with Gasteiger partial charge < -0.3 is 10.6 Å². The topological polar surface area (TPSA) is 46.3 Å². The summed E-state index contributed by atoms with van der Waals surface area (Å²) in [6, 6.07) is 4.52. The summed E-state index contributed by atoms with van der Waals surface area (Å²) < 4.78 is 13.4. The van der Waals surface area contributed by atoms with E-state index in [1.807, 2.05) is 0 Å². The molecule has 3 nitrogen and oxygen atoms in total. The maximum Gasteiger partial charge on any atom is 0.253 e. The predicted octanol–water partition coefficient (Wildman–Crippen LogP) is 2.15. The highest BCUT2D eigenvalue weighted by molar-refractivity contribution is 9.10. The Morgan fingerprint density at radius 3 is 2.65 bits per heavy atom.